The van der Waals surface area contributed by atoms with Crippen molar-refractivity contribution in [2.45, 2.75) is 33.4 Å². The third-order valence-electron chi connectivity index (χ3n) is 2.57. The Kier molecular flexibility index (Phi) is 15.4. The van der Waals surface area contributed by atoms with Gasteiger partial charge in [-0.3, -0.25) is 0 Å². The van der Waals surface area contributed by atoms with Crippen molar-refractivity contribution in [3.8, 4) is 12.1 Å². The normalized spacial score (nSPS) is 14.1. The van der Waals surface area contributed by atoms with E-state index in [0.29, 0.717) is 22.3 Å². The Hall–Kier alpha value is -2.41. The van der Waals surface area contributed by atoms with Crippen LogP contribution >= 0.6 is 9.24 Å². The molecule has 0 aliphatic carbocycles. The van der Waals surface area contributed by atoms with E-state index in [9.17, 15) is 10.5 Å². The van der Waals surface area contributed by atoms with Crippen LogP contribution in [-0.4, -0.2) is 5.66 Å². The molecule has 0 aromatic rings. The Morgan fingerprint density at radius 1 is 0.958 bits per heavy atom. The zero-order valence-electron chi connectivity index (χ0n) is 15.1. The van der Waals surface area contributed by atoms with Gasteiger partial charge in [0, 0.05) is 0 Å². The summed E-state index contributed by atoms with van der Waals surface area (Å²) in [7, 11) is 2.66. The predicted octanol–water partition coefficient (Wildman–Crippen LogP) is 5.98. The van der Waals surface area contributed by atoms with Gasteiger partial charge in [-0.2, -0.15) is 10.5 Å². The van der Waals surface area contributed by atoms with Crippen LogP contribution in [0, 0.1) is 22.7 Å². The number of hydrogen-bond donors (Lipinski definition) is 0. The molecule has 2 nitrogen and oxygen atoms in total. The monoisotopic (exact) mass is 338 g/mol. The first-order chi connectivity index (χ1) is 11.5. The molecule has 0 aromatic heterocycles. The molecular weight excluding hydrogens is 311 g/mol. The molecule has 0 bridgehead atoms. The molecule has 0 fully saturated rings. The van der Waals surface area contributed by atoms with Gasteiger partial charge in [0.25, 0.3) is 0 Å². The minimum absolute atomic E-state index is 0.261. The van der Waals surface area contributed by atoms with Crippen molar-refractivity contribution in [1.29, 1.82) is 10.5 Å². The largest absolute Gasteiger partial charge is 0.192 e. The van der Waals surface area contributed by atoms with Crippen molar-refractivity contribution >= 4 is 9.24 Å². The maximum atomic E-state index is 9.52. The second-order valence-corrected chi connectivity index (χ2v) is 5.46. The maximum Gasteiger partial charge on any atom is 0.101 e. The van der Waals surface area contributed by atoms with Crippen molar-refractivity contribution in [2.75, 3.05) is 0 Å². The second kappa shape index (κ2) is 15.5. The highest BCUT2D eigenvalue weighted by Crippen LogP contribution is 2.23. The molecule has 0 heterocycles. The maximum absolute atomic E-state index is 9.52. The number of nitriles is 2. The van der Waals surface area contributed by atoms with E-state index in [4.69, 9.17) is 0 Å². The van der Waals surface area contributed by atoms with E-state index < -0.39 is 0 Å². The lowest BCUT2D eigenvalue weighted by Gasteiger charge is -2.06. The first-order valence-electron chi connectivity index (χ1n) is 7.82. The van der Waals surface area contributed by atoms with Gasteiger partial charge in [0.15, 0.2) is 0 Å². The molecule has 0 rings (SSSR count). The number of allylic oxidation sites excluding steroid dienone is 12. The molecule has 0 aliphatic heterocycles. The molecular formula is C21H27N2P. The van der Waals surface area contributed by atoms with Crippen LogP contribution in [0.3, 0.4) is 0 Å². The molecule has 126 valence electrons. The van der Waals surface area contributed by atoms with Crippen molar-refractivity contribution in [2.24, 2.45) is 0 Å². The minimum atomic E-state index is 0.261. The Labute approximate surface area is 149 Å². The van der Waals surface area contributed by atoms with Crippen LogP contribution < -0.4 is 0 Å². The van der Waals surface area contributed by atoms with E-state index in [0.717, 1.165) is 0 Å². The first kappa shape index (κ1) is 23.9. The smallest absolute Gasteiger partial charge is 0.101 e. The highest BCUT2D eigenvalue weighted by molar-refractivity contribution is 7.17. The van der Waals surface area contributed by atoms with Gasteiger partial charge >= 0.3 is 0 Å². The van der Waals surface area contributed by atoms with Crippen molar-refractivity contribution < 1.29 is 0 Å². The summed E-state index contributed by atoms with van der Waals surface area (Å²) >= 11 is 0. The van der Waals surface area contributed by atoms with Crippen molar-refractivity contribution in [3.05, 3.63) is 84.1 Å². The Balaban J connectivity index is 0. The Morgan fingerprint density at radius 3 is 1.67 bits per heavy atom. The summed E-state index contributed by atoms with van der Waals surface area (Å²) in [5, 5.41) is 19.0. The molecule has 0 saturated heterocycles. The van der Waals surface area contributed by atoms with E-state index in [1.54, 1.807) is 30.4 Å². The van der Waals surface area contributed by atoms with Crippen LogP contribution in [0.15, 0.2) is 84.1 Å². The molecule has 0 aliphatic rings. The minimum Gasteiger partial charge on any atom is -0.192 e. The Bertz CT molecular complexity index is 642. The fourth-order valence-corrected chi connectivity index (χ4v) is 1.77. The molecule has 2 atom stereocenters. The van der Waals surface area contributed by atoms with Crippen LogP contribution in [-0.2, 0) is 0 Å². The average Bonchev–Trinajstić information content (AvgIpc) is 2.58. The molecule has 0 amide bonds. The van der Waals surface area contributed by atoms with Gasteiger partial charge < -0.3 is 0 Å². The SMILES string of the molecule is C=C/C=C(\C=C/C)C(/C#N)=C(C#N)/C(/C=C\C(C)P)=C/C=C.CC. The van der Waals surface area contributed by atoms with Crippen LogP contribution in [0.1, 0.15) is 27.7 Å². The van der Waals surface area contributed by atoms with Crippen molar-refractivity contribution in [3.63, 3.8) is 0 Å². The summed E-state index contributed by atoms with van der Waals surface area (Å²) in [5.41, 5.74) is 2.20. The standard InChI is InChI=1S/C19H21N2P.C2H6/c1-5-8-16(9-6-2)18(13-20)19(14-21)17(10-7-3)12-11-15(4)22;1-2/h5-12,15H,1,3,22H2,2,4H3;1-2H3/b9-6-,12-11-,16-8+,17-10+,19-18+;. The van der Waals surface area contributed by atoms with Crippen molar-refractivity contribution in [1.82, 2.24) is 0 Å². The highest BCUT2D eigenvalue weighted by Gasteiger charge is 2.12. The molecule has 0 aromatic carbocycles. The third-order valence-corrected chi connectivity index (χ3v) is 2.79. The summed E-state index contributed by atoms with van der Waals surface area (Å²) in [6.45, 7) is 15.2. The van der Waals surface area contributed by atoms with E-state index in [2.05, 4.69) is 34.5 Å². The lowest BCUT2D eigenvalue weighted by atomic mass is 9.94. The molecule has 0 spiro atoms. The lowest BCUT2D eigenvalue weighted by Crippen LogP contribution is -1.95. The average molecular weight is 338 g/mol. The number of rotatable bonds is 7. The van der Waals surface area contributed by atoms with Crippen LogP contribution in [0.5, 0.6) is 0 Å². The lowest BCUT2D eigenvalue weighted by molar-refractivity contribution is 1.24. The fourth-order valence-electron chi connectivity index (χ4n) is 1.66. The summed E-state index contributed by atoms with van der Waals surface area (Å²) in [5.74, 6) is 0. The predicted molar refractivity (Wildman–Crippen MR) is 109 cm³/mol. The van der Waals surface area contributed by atoms with E-state index in [1.807, 2.05) is 45.9 Å². The third kappa shape index (κ3) is 8.89. The van der Waals surface area contributed by atoms with Gasteiger partial charge in [0.05, 0.1) is 11.1 Å². The first-order valence-corrected chi connectivity index (χ1v) is 8.49. The van der Waals surface area contributed by atoms with Crippen LogP contribution in [0.2, 0.25) is 0 Å². The van der Waals surface area contributed by atoms with Gasteiger partial charge in [-0.1, -0.05) is 82.5 Å². The quantitative estimate of drug-likeness (QED) is 0.326. The molecule has 0 saturated carbocycles. The summed E-state index contributed by atoms with van der Waals surface area (Å²) in [6, 6.07) is 4.26. The van der Waals surface area contributed by atoms with Crippen LogP contribution in [0.4, 0.5) is 0 Å². The molecule has 0 radical (unpaired) electrons. The van der Waals surface area contributed by atoms with Gasteiger partial charge in [0.1, 0.15) is 12.1 Å². The highest BCUT2D eigenvalue weighted by atomic mass is 31.0. The molecule has 3 heteroatoms. The number of nitrogens with zero attached hydrogens (tertiary/aromatic N) is 2. The molecule has 2 unspecified atom stereocenters. The fraction of sp³-hybridized carbons (Fsp3) is 0.238. The second-order valence-electron chi connectivity index (χ2n) is 4.41. The number of hydrogen-bond acceptors (Lipinski definition) is 2. The van der Waals surface area contributed by atoms with Gasteiger partial charge in [-0.15, -0.1) is 9.24 Å². The molecule has 0 N–H and O–H groups in total. The van der Waals surface area contributed by atoms with Gasteiger partial charge in [-0.25, -0.2) is 0 Å². The van der Waals surface area contributed by atoms with Gasteiger partial charge in [0.2, 0.25) is 0 Å². The Morgan fingerprint density at radius 2 is 1.38 bits per heavy atom. The zero-order valence-corrected chi connectivity index (χ0v) is 16.2. The van der Waals surface area contributed by atoms with E-state index >= 15 is 0 Å². The topological polar surface area (TPSA) is 47.6 Å². The summed E-state index contributed by atoms with van der Waals surface area (Å²) in [4.78, 5) is 0. The molecule has 24 heavy (non-hydrogen) atoms. The summed E-state index contributed by atoms with van der Waals surface area (Å²) in [6.07, 6.45) is 14.0. The van der Waals surface area contributed by atoms with E-state index in [-0.39, 0.29) is 5.66 Å². The zero-order chi connectivity index (χ0) is 19.0. The van der Waals surface area contributed by atoms with Crippen LogP contribution in [0.25, 0.3) is 0 Å². The summed E-state index contributed by atoms with van der Waals surface area (Å²) < 4.78 is 0. The van der Waals surface area contributed by atoms with E-state index in [1.165, 1.54) is 0 Å². The van der Waals surface area contributed by atoms with Gasteiger partial charge in [-0.05, 0) is 23.7 Å².